The Morgan fingerprint density at radius 2 is 1.85 bits per heavy atom. The second-order valence-corrected chi connectivity index (χ2v) is 6.11. The van der Waals surface area contributed by atoms with Crippen LogP contribution in [0.1, 0.15) is 37.7 Å². The Morgan fingerprint density at radius 3 is 2.45 bits per heavy atom. The second kappa shape index (κ2) is 6.19. The monoisotopic (exact) mass is 282 g/mol. The van der Waals surface area contributed by atoms with Gasteiger partial charge in [0, 0.05) is 11.6 Å². The normalized spacial score (nSPS) is 20.1. The van der Waals surface area contributed by atoms with Gasteiger partial charge in [-0.25, -0.2) is 8.78 Å². The molecule has 0 amide bonds. The number of hydrogen-bond acceptors (Lipinski definition) is 2. The molecule has 0 bridgehead atoms. The average Bonchev–Trinajstić information content (AvgIpc) is 2.43. The standard InChI is InChI=1S/C16H24F2N2/c1-20(2)16(8-4-3-5-9-16)15(19)11-12-10-13(17)6-7-14(12)18/h6-7,10,15H,3-5,8-9,11,19H2,1-2H3. The molecular weight excluding hydrogens is 258 g/mol. The molecule has 0 heterocycles. The fraction of sp³-hybridized carbons (Fsp3) is 0.625. The van der Waals surface area contributed by atoms with Crippen LogP contribution in [0.25, 0.3) is 0 Å². The predicted molar refractivity (Wildman–Crippen MR) is 77.5 cm³/mol. The fourth-order valence-electron chi connectivity index (χ4n) is 3.44. The van der Waals surface area contributed by atoms with E-state index in [1.165, 1.54) is 18.6 Å². The molecule has 1 saturated carbocycles. The minimum atomic E-state index is -0.406. The van der Waals surface area contributed by atoms with E-state index < -0.39 is 5.82 Å². The van der Waals surface area contributed by atoms with Gasteiger partial charge in [-0.2, -0.15) is 0 Å². The number of likely N-dealkylation sites (N-methyl/N-ethyl adjacent to an activating group) is 1. The number of nitrogens with two attached hydrogens (primary N) is 1. The van der Waals surface area contributed by atoms with E-state index in [9.17, 15) is 8.78 Å². The minimum Gasteiger partial charge on any atom is -0.326 e. The third-order valence-corrected chi connectivity index (χ3v) is 4.75. The van der Waals surface area contributed by atoms with Crippen molar-refractivity contribution in [3.8, 4) is 0 Å². The molecule has 2 N–H and O–H groups in total. The summed E-state index contributed by atoms with van der Waals surface area (Å²) < 4.78 is 27.1. The summed E-state index contributed by atoms with van der Waals surface area (Å²) in [5.74, 6) is -0.775. The van der Waals surface area contributed by atoms with Crippen molar-refractivity contribution >= 4 is 0 Å². The summed E-state index contributed by atoms with van der Waals surface area (Å²) in [6, 6.07) is 3.41. The Morgan fingerprint density at radius 1 is 1.20 bits per heavy atom. The minimum absolute atomic E-state index is 0.100. The van der Waals surface area contributed by atoms with Crippen LogP contribution < -0.4 is 5.73 Å². The Balaban J connectivity index is 2.20. The van der Waals surface area contributed by atoms with Crippen molar-refractivity contribution in [3.05, 3.63) is 35.4 Å². The Hall–Kier alpha value is -1.00. The first-order valence-electron chi connectivity index (χ1n) is 7.32. The molecule has 0 spiro atoms. The zero-order chi connectivity index (χ0) is 14.8. The van der Waals surface area contributed by atoms with Gasteiger partial charge in [0.2, 0.25) is 0 Å². The van der Waals surface area contributed by atoms with Gasteiger partial charge in [0.25, 0.3) is 0 Å². The van der Waals surface area contributed by atoms with Gasteiger partial charge in [0.1, 0.15) is 11.6 Å². The quantitative estimate of drug-likeness (QED) is 0.919. The first kappa shape index (κ1) is 15.4. The van der Waals surface area contributed by atoms with Crippen molar-refractivity contribution in [2.24, 2.45) is 5.73 Å². The van der Waals surface area contributed by atoms with E-state index in [-0.39, 0.29) is 17.4 Å². The van der Waals surface area contributed by atoms with Crippen molar-refractivity contribution in [2.75, 3.05) is 14.1 Å². The molecule has 1 atom stereocenters. The molecule has 1 fully saturated rings. The molecule has 1 aliphatic carbocycles. The van der Waals surface area contributed by atoms with Gasteiger partial charge >= 0.3 is 0 Å². The Bertz CT molecular complexity index is 454. The molecule has 1 aliphatic rings. The number of benzene rings is 1. The van der Waals surface area contributed by atoms with Crippen molar-refractivity contribution in [1.82, 2.24) is 4.90 Å². The fourth-order valence-corrected chi connectivity index (χ4v) is 3.44. The maximum Gasteiger partial charge on any atom is 0.126 e. The summed E-state index contributed by atoms with van der Waals surface area (Å²) in [4.78, 5) is 2.17. The van der Waals surface area contributed by atoms with Gasteiger partial charge < -0.3 is 10.6 Å². The van der Waals surface area contributed by atoms with Crippen LogP contribution in [-0.2, 0) is 6.42 Å². The topological polar surface area (TPSA) is 29.3 Å². The van der Waals surface area contributed by atoms with Gasteiger partial charge in [0.15, 0.2) is 0 Å². The number of hydrogen-bond donors (Lipinski definition) is 1. The van der Waals surface area contributed by atoms with E-state index in [2.05, 4.69) is 4.90 Å². The summed E-state index contributed by atoms with van der Waals surface area (Å²) in [7, 11) is 4.07. The molecule has 2 rings (SSSR count). The number of nitrogens with zero attached hydrogens (tertiary/aromatic N) is 1. The predicted octanol–water partition coefficient (Wildman–Crippen LogP) is 3.10. The van der Waals surface area contributed by atoms with E-state index in [1.54, 1.807) is 0 Å². The Kier molecular flexibility index (Phi) is 4.76. The molecule has 4 heteroatoms. The van der Waals surface area contributed by atoms with E-state index in [0.717, 1.165) is 31.7 Å². The van der Waals surface area contributed by atoms with Gasteiger partial charge in [-0.15, -0.1) is 0 Å². The first-order chi connectivity index (χ1) is 9.45. The van der Waals surface area contributed by atoms with E-state index in [1.807, 2.05) is 14.1 Å². The van der Waals surface area contributed by atoms with Crippen LogP contribution in [0.4, 0.5) is 8.78 Å². The Labute approximate surface area is 120 Å². The maximum atomic E-state index is 13.8. The van der Waals surface area contributed by atoms with Crippen molar-refractivity contribution in [2.45, 2.75) is 50.1 Å². The SMILES string of the molecule is CN(C)C1(C(N)Cc2cc(F)ccc2F)CCCCC1. The van der Waals surface area contributed by atoms with Crippen LogP contribution in [0.15, 0.2) is 18.2 Å². The average molecular weight is 282 g/mol. The van der Waals surface area contributed by atoms with Gasteiger partial charge in [-0.05, 0) is 57.1 Å². The zero-order valence-electron chi connectivity index (χ0n) is 12.3. The molecule has 1 aromatic rings. The first-order valence-corrected chi connectivity index (χ1v) is 7.32. The maximum absolute atomic E-state index is 13.8. The molecule has 112 valence electrons. The lowest BCUT2D eigenvalue weighted by Gasteiger charge is -2.47. The van der Waals surface area contributed by atoms with Gasteiger partial charge in [-0.3, -0.25) is 0 Å². The van der Waals surface area contributed by atoms with E-state index in [0.29, 0.717) is 12.0 Å². The van der Waals surface area contributed by atoms with E-state index in [4.69, 9.17) is 5.73 Å². The van der Waals surface area contributed by atoms with Crippen LogP contribution in [0.5, 0.6) is 0 Å². The van der Waals surface area contributed by atoms with Crippen LogP contribution in [0, 0.1) is 11.6 Å². The molecule has 1 unspecified atom stereocenters. The number of rotatable bonds is 4. The highest BCUT2D eigenvalue weighted by molar-refractivity contribution is 5.21. The number of halogens is 2. The highest BCUT2D eigenvalue weighted by Crippen LogP contribution is 2.35. The summed E-state index contributed by atoms with van der Waals surface area (Å²) >= 11 is 0. The summed E-state index contributed by atoms with van der Waals surface area (Å²) in [5, 5.41) is 0. The molecule has 0 saturated heterocycles. The molecule has 0 aliphatic heterocycles. The van der Waals surface area contributed by atoms with Gasteiger partial charge in [0.05, 0.1) is 0 Å². The molecule has 0 radical (unpaired) electrons. The van der Waals surface area contributed by atoms with Crippen molar-refractivity contribution in [1.29, 1.82) is 0 Å². The van der Waals surface area contributed by atoms with Gasteiger partial charge in [-0.1, -0.05) is 19.3 Å². The van der Waals surface area contributed by atoms with Crippen molar-refractivity contribution < 1.29 is 8.78 Å². The highest BCUT2D eigenvalue weighted by atomic mass is 19.1. The summed E-state index contributed by atoms with van der Waals surface area (Å²) in [6.07, 6.45) is 5.96. The molecule has 2 nitrogen and oxygen atoms in total. The summed E-state index contributed by atoms with van der Waals surface area (Å²) in [6.45, 7) is 0. The molecule has 0 aromatic heterocycles. The van der Waals surface area contributed by atoms with Crippen LogP contribution in [0.2, 0.25) is 0 Å². The van der Waals surface area contributed by atoms with Crippen LogP contribution in [0.3, 0.4) is 0 Å². The summed E-state index contributed by atoms with van der Waals surface area (Å²) in [5.41, 5.74) is 6.68. The third kappa shape index (κ3) is 3.01. The third-order valence-electron chi connectivity index (χ3n) is 4.75. The molecule has 20 heavy (non-hydrogen) atoms. The molecular formula is C16H24F2N2. The highest BCUT2D eigenvalue weighted by Gasteiger charge is 2.40. The van der Waals surface area contributed by atoms with Crippen LogP contribution in [-0.4, -0.2) is 30.6 Å². The zero-order valence-corrected chi connectivity index (χ0v) is 12.3. The molecule has 1 aromatic carbocycles. The van der Waals surface area contributed by atoms with Crippen LogP contribution >= 0.6 is 0 Å². The lowest BCUT2D eigenvalue weighted by atomic mass is 9.74. The van der Waals surface area contributed by atoms with E-state index >= 15 is 0 Å². The lowest BCUT2D eigenvalue weighted by molar-refractivity contribution is 0.0713. The van der Waals surface area contributed by atoms with Crippen molar-refractivity contribution in [3.63, 3.8) is 0 Å². The lowest BCUT2D eigenvalue weighted by Crippen LogP contribution is -2.59. The largest absolute Gasteiger partial charge is 0.326 e. The second-order valence-electron chi connectivity index (χ2n) is 6.11. The smallest absolute Gasteiger partial charge is 0.126 e.